The Balaban J connectivity index is 2.12. The lowest BCUT2D eigenvalue weighted by molar-refractivity contribution is -0.119. The molecular formula is C18H20ClN3O. The molecular weight excluding hydrogens is 310 g/mol. The van der Waals surface area contributed by atoms with Gasteiger partial charge < -0.3 is 11.1 Å². The third kappa shape index (κ3) is 3.54. The number of nitrogens with zero attached hydrogens (tertiary/aromatic N) is 1. The summed E-state index contributed by atoms with van der Waals surface area (Å²) in [4.78, 5) is 16.8. The average molecular weight is 330 g/mol. The van der Waals surface area contributed by atoms with Gasteiger partial charge in [-0.05, 0) is 42.7 Å². The average Bonchev–Trinajstić information content (AvgIpc) is 2.54. The van der Waals surface area contributed by atoms with Crippen molar-refractivity contribution >= 4 is 23.2 Å². The number of carbonyl (C=O) groups excluding carboxylic acids is 1. The van der Waals surface area contributed by atoms with Crippen LogP contribution in [0.25, 0.3) is 11.1 Å². The number of hydrogen-bond donors (Lipinski definition) is 2. The molecule has 120 valence electrons. The van der Waals surface area contributed by atoms with Gasteiger partial charge in [-0.25, -0.2) is 0 Å². The molecule has 23 heavy (non-hydrogen) atoms. The topological polar surface area (TPSA) is 68.0 Å². The molecule has 0 unspecified atom stereocenters. The summed E-state index contributed by atoms with van der Waals surface area (Å²) < 4.78 is 0. The summed E-state index contributed by atoms with van der Waals surface area (Å²) in [5, 5.41) is 3.61. The number of aromatic nitrogens is 1. The molecule has 1 aliphatic heterocycles. The van der Waals surface area contributed by atoms with Crippen LogP contribution < -0.4 is 11.1 Å². The molecule has 4 nitrogen and oxygen atoms in total. The molecule has 2 atom stereocenters. The van der Waals surface area contributed by atoms with Gasteiger partial charge in [0, 0.05) is 28.7 Å². The first-order valence-electron chi connectivity index (χ1n) is 7.87. The molecule has 0 saturated heterocycles. The Morgan fingerprint density at radius 1 is 1.26 bits per heavy atom. The van der Waals surface area contributed by atoms with Crippen molar-refractivity contribution in [3.05, 3.63) is 47.2 Å². The first-order chi connectivity index (χ1) is 11.0. The number of anilines is 1. The van der Waals surface area contributed by atoms with Crippen LogP contribution >= 0.6 is 11.6 Å². The fourth-order valence-electron chi connectivity index (χ4n) is 2.87. The van der Waals surface area contributed by atoms with E-state index in [1.54, 1.807) is 12.3 Å². The Morgan fingerprint density at radius 2 is 2.09 bits per heavy atom. The van der Waals surface area contributed by atoms with E-state index < -0.39 is 0 Å². The summed E-state index contributed by atoms with van der Waals surface area (Å²) in [5.41, 5.74) is 9.76. The van der Waals surface area contributed by atoms with Crippen LogP contribution in [0.5, 0.6) is 0 Å². The Kier molecular flexibility index (Phi) is 4.64. The molecule has 0 spiro atoms. The van der Waals surface area contributed by atoms with Crippen LogP contribution in [0.1, 0.15) is 37.9 Å². The molecule has 2 heterocycles. The van der Waals surface area contributed by atoms with Gasteiger partial charge in [-0.1, -0.05) is 31.0 Å². The van der Waals surface area contributed by atoms with Crippen molar-refractivity contribution in [2.75, 3.05) is 5.32 Å². The summed E-state index contributed by atoms with van der Waals surface area (Å²) in [6.07, 6.45) is 4.28. The lowest BCUT2D eigenvalue weighted by Gasteiger charge is -2.19. The van der Waals surface area contributed by atoms with E-state index in [0.29, 0.717) is 5.02 Å². The Hall–Kier alpha value is -1.91. The number of benzene rings is 1. The standard InChI is InChI=1S/C18H20ClN3O/c1-11-3-2-4-15(20)17-9-12(7-8-21-17)14-6-5-13(19)10-16(14)22-18(11)23/h5-11,15H,2-4,20H2,1H3,(H,22,23)/t11-,15+/m1/s1. The monoisotopic (exact) mass is 329 g/mol. The highest BCUT2D eigenvalue weighted by Gasteiger charge is 2.18. The molecule has 0 aliphatic carbocycles. The zero-order valence-corrected chi connectivity index (χ0v) is 13.8. The highest BCUT2D eigenvalue weighted by molar-refractivity contribution is 6.31. The van der Waals surface area contributed by atoms with Gasteiger partial charge in [0.1, 0.15) is 0 Å². The second kappa shape index (κ2) is 6.69. The maximum absolute atomic E-state index is 12.4. The first kappa shape index (κ1) is 16.0. The number of pyridine rings is 1. The van der Waals surface area contributed by atoms with Crippen molar-refractivity contribution in [2.24, 2.45) is 11.7 Å². The van der Waals surface area contributed by atoms with Crippen LogP contribution in [0.4, 0.5) is 5.69 Å². The smallest absolute Gasteiger partial charge is 0.227 e. The van der Waals surface area contributed by atoms with Gasteiger partial charge in [-0.2, -0.15) is 0 Å². The quantitative estimate of drug-likeness (QED) is 0.762. The van der Waals surface area contributed by atoms with Crippen LogP contribution in [0.3, 0.4) is 0 Å². The van der Waals surface area contributed by atoms with E-state index in [4.69, 9.17) is 17.3 Å². The summed E-state index contributed by atoms with van der Waals surface area (Å²) in [6.45, 7) is 1.94. The number of hydrogen-bond acceptors (Lipinski definition) is 3. The molecule has 2 aromatic rings. The maximum atomic E-state index is 12.4. The Morgan fingerprint density at radius 3 is 2.91 bits per heavy atom. The number of nitrogens with one attached hydrogen (secondary N) is 1. The fraction of sp³-hybridized carbons (Fsp3) is 0.333. The molecule has 0 radical (unpaired) electrons. The van der Waals surface area contributed by atoms with E-state index in [9.17, 15) is 4.79 Å². The largest absolute Gasteiger partial charge is 0.325 e. The number of fused-ring (bicyclic) bond motifs is 4. The first-order valence-corrected chi connectivity index (χ1v) is 8.24. The fourth-order valence-corrected chi connectivity index (χ4v) is 3.04. The lowest BCUT2D eigenvalue weighted by atomic mass is 9.96. The van der Waals surface area contributed by atoms with Crippen molar-refractivity contribution < 1.29 is 4.79 Å². The highest BCUT2D eigenvalue weighted by Crippen LogP contribution is 2.33. The van der Waals surface area contributed by atoms with E-state index in [2.05, 4.69) is 10.3 Å². The third-order valence-electron chi connectivity index (χ3n) is 4.31. The van der Waals surface area contributed by atoms with Crippen molar-refractivity contribution in [1.82, 2.24) is 4.98 Å². The van der Waals surface area contributed by atoms with Gasteiger partial charge in [0.15, 0.2) is 0 Å². The van der Waals surface area contributed by atoms with Gasteiger partial charge in [-0.15, -0.1) is 0 Å². The predicted octanol–water partition coefficient (Wildman–Crippen LogP) is 4.16. The Bertz CT molecular complexity index is 732. The second-order valence-electron chi connectivity index (χ2n) is 6.09. The van der Waals surface area contributed by atoms with Gasteiger partial charge in [0.25, 0.3) is 0 Å². The summed E-state index contributed by atoms with van der Waals surface area (Å²) >= 11 is 6.11. The minimum Gasteiger partial charge on any atom is -0.325 e. The van der Waals surface area contributed by atoms with Crippen LogP contribution in [-0.4, -0.2) is 10.9 Å². The van der Waals surface area contributed by atoms with Gasteiger partial charge in [0.05, 0.1) is 11.4 Å². The number of nitrogens with two attached hydrogens (primary N) is 1. The molecule has 2 bridgehead atoms. The molecule has 1 aromatic carbocycles. The van der Waals surface area contributed by atoms with Crippen LogP contribution in [0.15, 0.2) is 36.5 Å². The minimum atomic E-state index is -0.111. The molecule has 0 fully saturated rings. The van der Waals surface area contributed by atoms with E-state index in [1.807, 2.05) is 31.2 Å². The van der Waals surface area contributed by atoms with Crippen LogP contribution in [0.2, 0.25) is 5.02 Å². The van der Waals surface area contributed by atoms with Crippen molar-refractivity contribution in [3.63, 3.8) is 0 Å². The third-order valence-corrected chi connectivity index (χ3v) is 4.55. The van der Waals surface area contributed by atoms with Crippen LogP contribution in [0, 0.1) is 5.92 Å². The Labute approximate surface area is 141 Å². The number of rotatable bonds is 0. The molecule has 1 aromatic heterocycles. The summed E-state index contributed by atoms with van der Waals surface area (Å²) in [7, 11) is 0. The number of halogens is 1. The lowest BCUT2D eigenvalue weighted by Crippen LogP contribution is -2.22. The second-order valence-corrected chi connectivity index (χ2v) is 6.52. The van der Waals surface area contributed by atoms with Crippen molar-refractivity contribution in [2.45, 2.75) is 32.2 Å². The van der Waals surface area contributed by atoms with Gasteiger partial charge in [-0.3, -0.25) is 9.78 Å². The van der Waals surface area contributed by atoms with E-state index >= 15 is 0 Å². The van der Waals surface area contributed by atoms with E-state index in [1.165, 1.54) is 0 Å². The molecule has 1 aliphatic rings. The summed E-state index contributed by atoms with van der Waals surface area (Å²) in [6, 6.07) is 9.33. The molecule has 3 rings (SSSR count). The van der Waals surface area contributed by atoms with Gasteiger partial charge in [0.2, 0.25) is 5.91 Å². The molecule has 3 N–H and O–H groups in total. The predicted molar refractivity (Wildman–Crippen MR) is 93.3 cm³/mol. The van der Waals surface area contributed by atoms with E-state index in [0.717, 1.165) is 41.8 Å². The zero-order chi connectivity index (χ0) is 16.4. The SMILES string of the molecule is C[C@@H]1CCC[C@H](N)c2cc(ccn2)-c2ccc(Cl)cc2NC1=O. The zero-order valence-electron chi connectivity index (χ0n) is 13.1. The molecule has 1 amide bonds. The summed E-state index contributed by atoms with van der Waals surface area (Å²) in [5.74, 6) is -0.0586. The molecule has 0 saturated carbocycles. The number of carbonyl (C=O) groups is 1. The van der Waals surface area contributed by atoms with Crippen LogP contribution in [-0.2, 0) is 4.79 Å². The van der Waals surface area contributed by atoms with E-state index in [-0.39, 0.29) is 17.9 Å². The maximum Gasteiger partial charge on any atom is 0.227 e. The minimum absolute atomic E-state index is 0.0111. The highest BCUT2D eigenvalue weighted by atomic mass is 35.5. The van der Waals surface area contributed by atoms with Crippen molar-refractivity contribution in [3.8, 4) is 11.1 Å². The van der Waals surface area contributed by atoms with Gasteiger partial charge >= 0.3 is 0 Å². The normalized spacial score (nSPS) is 21.6. The van der Waals surface area contributed by atoms with Crippen molar-refractivity contribution in [1.29, 1.82) is 0 Å². The molecule has 5 heteroatoms. The number of amides is 1.